The molecule has 0 heterocycles. The van der Waals surface area contributed by atoms with Gasteiger partial charge in [-0.2, -0.15) is 0 Å². The monoisotopic (exact) mass is 223 g/mol. The van der Waals surface area contributed by atoms with Crippen molar-refractivity contribution < 1.29 is 0 Å². The van der Waals surface area contributed by atoms with Crippen molar-refractivity contribution in [2.45, 2.75) is 71.3 Å². The van der Waals surface area contributed by atoms with Crippen LogP contribution in [0.4, 0.5) is 0 Å². The first-order chi connectivity index (χ1) is 7.80. The SMILES string of the molecule is CCC(CC)CC(CC1=CCCCC1)NC. The Bertz CT molecular complexity index is 203. The molecule has 1 nitrogen and oxygen atoms in total. The maximum absolute atomic E-state index is 3.51. The normalized spacial score (nSPS) is 18.6. The fourth-order valence-electron chi connectivity index (χ4n) is 2.73. The lowest BCUT2D eigenvalue weighted by atomic mass is 9.88. The summed E-state index contributed by atoms with van der Waals surface area (Å²) in [5.41, 5.74) is 1.71. The molecule has 1 rings (SSSR count). The van der Waals surface area contributed by atoms with E-state index in [2.05, 4.69) is 32.3 Å². The zero-order valence-corrected chi connectivity index (χ0v) is 11.4. The van der Waals surface area contributed by atoms with E-state index in [1.807, 2.05) is 0 Å². The van der Waals surface area contributed by atoms with E-state index >= 15 is 0 Å². The molecule has 0 aromatic heterocycles. The number of hydrogen-bond acceptors (Lipinski definition) is 1. The number of rotatable bonds is 7. The van der Waals surface area contributed by atoms with Crippen LogP contribution in [0.2, 0.25) is 0 Å². The molecule has 0 radical (unpaired) electrons. The van der Waals surface area contributed by atoms with Gasteiger partial charge in [-0.25, -0.2) is 0 Å². The van der Waals surface area contributed by atoms with Crippen LogP contribution in [0.25, 0.3) is 0 Å². The number of nitrogens with one attached hydrogen (secondary N) is 1. The van der Waals surface area contributed by atoms with Gasteiger partial charge in [0.15, 0.2) is 0 Å². The molecule has 16 heavy (non-hydrogen) atoms. The molecule has 0 spiro atoms. The number of allylic oxidation sites excluding steroid dienone is 1. The van der Waals surface area contributed by atoms with Crippen LogP contribution in [0.5, 0.6) is 0 Å². The highest BCUT2D eigenvalue weighted by Gasteiger charge is 2.15. The molecule has 1 N–H and O–H groups in total. The third-order valence-electron chi connectivity index (χ3n) is 4.07. The lowest BCUT2D eigenvalue weighted by Gasteiger charge is -2.24. The molecular formula is C15H29N. The summed E-state index contributed by atoms with van der Waals surface area (Å²) < 4.78 is 0. The predicted molar refractivity (Wildman–Crippen MR) is 72.7 cm³/mol. The first-order valence-electron chi connectivity index (χ1n) is 7.15. The van der Waals surface area contributed by atoms with Crippen LogP contribution >= 0.6 is 0 Å². The number of hydrogen-bond donors (Lipinski definition) is 1. The predicted octanol–water partition coefficient (Wildman–Crippen LogP) is 4.29. The van der Waals surface area contributed by atoms with Gasteiger partial charge in [0.05, 0.1) is 0 Å². The van der Waals surface area contributed by atoms with Crippen LogP contribution in [-0.2, 0) is 0 Å². The first-order valence-corrected chi connectivity index (χ1v) is 7.15. The Morgan fingerprint density at radius 3 is 2.50 bits per heavy atom. The Labute approximate surface area is 102 Å². The molecule has 0 bridgehead atoms. The van der Waals surface area contributed by atoms with Gasteiger partial charge >= 0.3 is 0 Å². The standard InChI is InChI=1S/C15H29N/c1-4-13(5-2)11-15(16-3)12-14-9-7-6-8-10-14/h9,13,15-16H,4-8,10-12H2,1-3H3. The van der Waals surface area contributed by atoms with Crippen molar-refractivity contribution in [1.29, 1.82) is 0 Å². The zero-order chi connectivity index (χ0) is 11.8. The van der Waals surface area contributed by atoms with Crippen molar-refractivity contribution in [3.05, 3.63) is 11.6 Å². The van der Waals surface area contributed by atoms with Gasteiger partial charge < -0.3 is 5.32 Å². The first kappa shape index (κ1) is 13.8. The van der Waals surface area contributed by atoms with E-state index in [4.69, 9.17) is 0 Å². The second-order valence-electron chi connectivity index (χ2n) is 5.22. The van der Waals surface area contributed by atoms with E-state index < -0.39 is 0 Å². The quantitative estimate of drug-likeness (QED) is 0.635. The molecule has 1 aliphatic carbocycles. The second kappa shape index (κ2) is 7.89. The zero-order valence-electron chi connectivity index (χ0n) is 11.4. The average Bonchev–Trinajstić information content (AvgIpc) is 2.35. The van der Waals surface area contributed by atoms with Crippen LogP contribution in [-0.4, -0.2) is 13.1 Å². The fourth-order valence-corrected chi connectivity index (χ4v) is 2.73. The lowest BCUT2D eigenvalue weighted by molar-refractivity contribution is 0.373. The minimum atomic E-state index is 0.703. The van der Waals surface area contributed by atoms with E-state index in [1.54, 1.807) is 5.57 Å². The van der Waals surface area contributed by atoms with Crippen molar-refractivity contribution in [3.8, 4) is 0 Å². The third kappa shape index (κ3) is 4.69. The van der Waals surface area contributed by atoms with Crippen molar-refractivity contribution in [1.82, 2.24) is 5.32 Å². The van der Waals surface area contributed by atoms with E-state index in [0.29, 0.717) is 6.04 Å². The van der Waals surface area contributed by atoms with Crippen LogP contribution < -0.4 is 5.32 Å². The third-order valence-corrected chi connectivity index (χ3v) is 4.07. The van der Waals surface area contributed by atoms with E-state index in [-0.39, 0.29) is 0 Å². The van der Waals surface area contributed by atoms with Gasteiger partial charge in [0.2, 0.25) is 0 Å². The summed E-state index contributed by atoms with van der Waals surface area (Å²) in [6, 6.07) is 0.703. The minimum absolute atomic E-state index is 0.703. The summed E-state index contributed by atoms with van der Waals surface area (Å²) in [5.74, 6) is 0.904. The Kier molecular flexibility index (Phi) is 6.79. The van der Waals surface area contributed by atoms with Crippen molar-refractivity contribution in [2.24, 2.45) is 5.92 Å². The summed E-state index contributed by atoms with van der Waals surface area (Å²) in [6.07, 6.45) is 13.3. The van der Waals surface area contributed by atoms with Crippen LogP contribution in [0, 0.1) is 5.92 Å². The summed E-state index contributed by atoms with van der Waals surface area (Å²) in [5, 5.41) is 3.51. The van der Waals surface area contributed by atoms with E-state index in [0.717, 1.165) is 5.92 Å². The van der Waals surface area contributed by atoms with Crippen LogP contribution in [0.15, 0.2) is 11.6 Å². The lowest BCUT2D eigenvalue weighted by Crippen LogP contribution is -2.28. The van der Waals surface area contributed by atoms with Gasteiger partial charge in [0.1, 0.15) is 0 Å². The van der Waals surface area contributed by atoms with Crippen molar-refractivity contribution in [2.75, 3.05) is 7.05 Å². The Morgan fingerprint density at radius 1 is 1.25 bits per heavy atom. The maximum Gasteiger partial charge on any atom is 0.0104 e. The van der Waals surface area contributed by atoms with Gasteiger partial charge in [-0.05, 0) is 51.5 Å². The largest absolute Gasteiger partial charge is 0.317 e. The van der Waals surface area contributed by atoms with Gasteiger partial charge in [-0.15, -0.1) is 0 Å². The summed E-state index contributed by atoms with van der Waals surface area (Å²) in [7, 11) is 2.12. The van der Waals surface area contributed by atoms with Gasteiger partial charge in [-0.3, -0.25) is 0 Å². The van der Waals surface area contributed by atoms with E-state index in [1.165, 1.54) is 51.4 Å². The highest BCUT2D eigenvalue weighted by molar-refractivity contribution is 5.07. The van der Waals surface area contributed by atoms with Gasteiger partial charge in [0.25, 0.3) is 0 Å². The molecule has 1 heteroatoms. The fraction of sp³-hybridized carbons (Fsp3) is 0.867. The molecule has 0 amide bonds. The van der Waals surface area contributed by atoms with Crippen LogP contribution in [0.3, 0.4) is 0 Å². The molecule has 0 aromatic rings. The van der Waals surface area contributed by atoms with Gasteiger partial charge in [-0.1, -0.05) is 38.3 Å². The molecule has 0 fully saturated rings. The topological polar surface area (TPSA) is 12.0 Å². The second-order valence-corrected chi connectivity index (χ2v) is 5.22. The molecule has 0 saturated carbocycles. The molecule has 1 unspecified atom stereocenters. The maximum atomic E-state index is 3.51. The average molecular weight is 223 g/mol. The molecule has 0 aromatic carbocycles. The molecule has 1 atom stereocenters. The minimum Gasteiger partial charge on any atom is -0.317 e. The Hall–Kier alpha value is -0.300. The summed E-state index contributed by atoms with van der Waals surface area (Å²) >= 11 is 0. The summed E-state index contributed by atoms with van der Waals surface area (Å²) in [6.45, 7) is 4.64. The Morgan fingerprint density at radius 2 is 2.00 bits per heavy atom. The van der Waals surface area contributed by atoms with Gasteiger partial charge in [0, 0.05) is 6.04 Å². The molecular weight excluding hydrogens is 194 g/mol. The highest BCUT2D eigenvalue weighted by atomic mass is 14.9. The summed E-state index contributed by atoms with van der Waals surface area (Å²) in [4.78, 5) is 0. The highest BCUT2D eigenvalue weighted by Crippen LogP contribution is 2.24. The molecule has 94 valence electrons. The van der Waals surface area contributed by atoms with Crippen molar-refractivity contribution >= 4 is 0 Å². The molecule has 1 aliphatic rings. The molecule has 0 aliphatic heterocycles. The smallest absolute Gasteiger partial charge is 0.0104 e. The van der Waals surface area contributed by atoms with E-state index in [9.17, 15) is 0 Å². The van der Waals surface area contributed by atoms with Crippen molar-refractivity contribution in [3.63, 3.8) is 0 Å². The van der Waals surface area contributed by atoms with Crippen LogP contribution in [0.1, 0.15) is 65.2 Å². The Balaban J connectivity index is 2.38. The molecule has 0 saturated heterocycles.